The third kappa shape index (κ3) is 4.86. The maximum atomic E-state index is 12.1. The standard InChI is InChI=1S/C16H22N2O3/c1-16(2,11-21-10-12-6-4-3-5-7-12)18-15(20)13-8-14(19)17-9-13/h3-7,13H,8-11H2,1-2H3,(H,17,19)(H,18,20)/t13-/m1/s1. The van der Waals surface area contributed by atoms with Gasteiger partial charge in [0, 0.05) is 13.0 Å². The SMILES string of the molecule is CC(C)(COCc1ccccc1)NC(=O)[C@H]1CNC(=O)C1. The van der Waals surface area contributed by atoms with Gasteiger partial charge in [-0.05, 0) is 19.4 Å². The fourth-order valence-electron chi connectivity index (χ4n) is 2.26. The van der Waals surface area contributed by atoms with Crippen molar-refractivity contribution in [2.24, 2.45) is 5.92 Å². The van der Waals surface area contributed by atoms with Crippen LogP contribution >= 0.6 is 0 Å². The smallest absolute Gasteiger partial charge is 0.225 e. The van der Waals surface area contributed by atoms with Crippen LogP contribution in [0.15, 0.2) is 30.3 Å². The molecule has 0 bridgehead atoms. The molecular weight excluding hydrogens is 268 g/mol. The summed E-state index contributed by atoms with van der Waals surface area (Å²) in [6, 6.07) is 9.90. The number of hydrogen-bond acceptors (Lipinski definition) is 3. The van der Waals surface area contributed by atoms with E-state index in [9.17, 15) is 9.59 Å². The average molecular weight is 290 g/mol. The largest absolute Gasteiger partial charge is 0.374 e. The van der Waals surface area contributed by atoms with Crippen molar-refractivity contribution in [3.05, 3.63) is 35.9 Å². The maximum absolute atomic E-state index is 12.1. The fourth-order valence-corrected chi connectivity index (χ4v) is 2.26. The van der Waals surface area contributed by atoms with Gasteiger partial charge in [0.1, 0.15) is 0 Å². The molecule has 1 aromatic carbocycles. The minimum Gasteiger partial charge on any atom is -0.374 e. The molecule has 1 aromatic rings. The summed E-state index contributed by atoms with van der Waals surface area (Å²) in [5.41, 5.74) is 0.641. The van der Waals surface area contributed by atoms with E-state index >= 15 is 0 Å². The molecule has 2 rings (SSSR count). The van der Waals surface area contributed by atoms with Crippen molar-refractivity contribution < 1.29 is 14.3 Å². The summed E-state index contributed by atoms with van der Waals surface area (Å²) in [4.78, 5) is 23.2. The summed E-state index contributed by atoms with van der Waals surface area (Å²) < 4.78 is 5.67. The first kappa shape index (κ1) is 15.5. The zero-order chi connectivity index (χ0) is 15.3. The summed E-state index contributed by atoms with van der Waals surface area (Å²) in [7, 11) is 0. The molecule has 2 N–H and O–H groups in total. The molecule has 0 unspecified atom stereocenters. The molecule has 1 heterocycles. The van der Waals surface area contributed by atoms with Gasteiger partial charge in [0.2, 0.25) is 11.8 Å². The molecule has 0 spiro atoms. The maximum Gasteiger partial charge on any atom is 0.225 e. The Labute approximate surface area is 125 Å². The number of hydrogen-bond donors (Lipinski definition) is 2. The predicted molar refractivity (Wildman–Crippen MR) is 79.4 cm³/mol. The number of rotatable bonds is 6. The molecule has 2 amide bonds. The highest BCUT2D eigenvalue weighted by Crippen LogP contribution is 2.12. The van der Waals surface area contributed by atoms with Gasteiger partial charge in [0.05, 0.1) is 24.7 Å². The van der Waals surface area contributed by atoms with Crippen molar-refractivity contribution in [1.29, 1.82) is 0 Å². The van der Waals surface area contributed by atoms with Crippen LogP contribution in [0.4, 0.5) is 0 Å². The summed E-state index contributed by atoms with van der Waals surface area (Å²) >= 11 is 0. The first-order valence-electron chi connectivity index (χ1n) is 7.17. The van der Waals surface area contributed by atoms with E-state index in [4.69, 9.17) is 4.74 Å². The molecule has 1 fully saturated rings. The molecule has 114 valence electrons. The third-order valence-electron chi connectivity index (χ3n) is 3.38. The van der Waals surface area contributed by atoms with E-state index in [1.165, 1.54) is 0 Å². The van der Waals surface area contributed by atoms with Crippen molar-refractivity contribution in [2.75, 3.05) is 13.2 Å². The number of carbonyl (C=O) groups excluding carboxylic acids is 2. The van der Waals surface area contributed by atoms with Gasteiger partial charge < -0.3 is 15.4 Å². The monoisotopic (exact) mass is 290 g/mol. The van der Waals surface area contributed by atoms with Crippen LogP contribution in [0.2, 0.25) is 0 Å². The molecule has 21 heavy (non-hydrogen) atoms. The topological polar surface area (TPSA) is 67.4 Å². The van der Waals surface area contributed by atoms with Crippen molar-refractivity contribution in [2.45, 2.75) is 32.4 Å². The van der Waals surface area contributed by atoms with E-state index < -0.39 is 5.54 Å². The lowest BCUT2D eigenvalue weighted by molar-refractivity contribution is -0.128. The summed E-state index contributed by atoms with van der Waals surface area (Å²) in [5.74, 6) is -0.430. The molecule has 1 atom stereocenters. The van der Waals surface area contributed by atoms with Gasteiger partial charge in [-0.2, -0.15) is 0 Å². The van der Waals surface area contributed by atoms with Crippen LogP contribution < -0.4 is 10.6 Å². The third-order valence-corrected chi connectivity index (χ3v) is 3.38. The number of carbonyl (C=O) groups is 2. The first-order valence-corrected chi connectivity index (χ1v) is 7.17. The molecule has 5 heteroatoms. The van der Waals surface area contributed by atoms with Gasteiger partial charge in [-0.1, -0.05) is 30.3 Å². The Morgan fingerprint density at radius 3 is 2.71 bits per heavy atom. The van der Waals surface area contributed by atoms with Crippen LogP contribution in [0.25, 0.3) is 0 Å². The molecule has 1 saturated heterocycles. The van der Waals surface area contributed by atoms with Crippen LogP contribution in [0, 0.1) is 5.92 Å². The molecule has 1 aliphatic rings. The second-order valence-electron chi connectivity index (χ2n) is 6.06. The molecule has 5 nitrogen and oxygen atoms in total. The minimum atomic E-state index is -0.461. The predicted octanol–water partition coefficient (Wildman–Crippen LogP) is 1.23. The highest BCUT2D eigenvalue weighted by molar-refractivity contribution is 5.89. The second kappa shape index (κ2) is 6.72. The first-order chi connectivity index (χ1) is 9.96. The quantitative estimate of drug-likeness (QED) is 0.828. The van der Waals surface area contributed by atoms with Gasteiger partial charge in [-0.25, -0.2) is 0 Å². The van der Waals surface area contributed by atoms with Crippen molar-refractivity contribution in [3.8, 4) is 0 Å². The van der Waals surface area contributed by atoms with E-state index in [0.717, 1.165) is 5.56 Å². The van der Waals surface area contributed by atoms with Crippen molar-refractivity contribution in [1.82, 2.24) is 10.6 Å². The summed E-state index contributed by atoms with van der Waals surface area (Å²) in [6.45, 7) is 5.19. The minimum absolute atomic E-state index is 0.0618. The van der Waals surface area contributed by atoms with Gasteiger partial charge in [0.25, 0.3) is 0 Å². The van der Waals surface area contributed by atoms with E-state index in [-0.39, 0.29) is 24.2 Å². The number of amides is 2. The Hall–Kier alpha value is -1.88. The van der Waals surface area contributed by atoms with Crippen LogP contribution in [0.3, 0.4) is 0 Å². The Morgan fingerprint density at radius 2 is 2.10 bits per heavy atom. The molecular formula is C16H22N2O3. The van der Waals surface area contributed by atoms with Gasteiger partial charge in [-0.15, -0.1) is 0 Å². The Morgan fingerprint density at radius 1 is 1.38 bits per heavy atom. The van der Waals surface area contributed by atoms with Crippen LogP contribution in [-0.4, -0.2) is 30.5 Å². The normalized spacial score (nSPS) is 18.4. The molecule has 0 aliphatic carbocycles. The Bertz CT molecular complexity index is 500. The zero-order valence-corrected chi connectivity index (χ0v) is 12.5. The van der Waals surface area contributed by atoms with Gasteiger partial charge in [-0.3, -0.25) is 9.59 Å². The lowest BCUT2D eigenvalue weighted by Crippen LogP contribution is -2.49. The number of nitrogens with one attached hydrogen (secondary N) is 2. The second-order valence-corrected chi connectivity index (χ2v) is 6.06. The highest BCUT2D eigenvalue weighted by atomic mass is 16.5. The van der Waals surface area contributed by atoms with E-state index in [1.807, 2.05) is 44.2 Å². The summed E-state index contributed by atoms with van der Waals surface area (Å²) in [6.07, 6.45) is 0.271. The Balaban J connectivity index is 1.76. The number of benzene rings is 1. The van der Waals surface area contributed by atoms with Crippen molar-refractivity contribution >= 4 is 11.8 Å². The fraction of sp³-hybridized carbons (Fsp3) is 0.500. The average Bonchev–Trinajstić information content (AvgIpc) is 2.86. The van der Waals surface area contributed by atoms with Crippen LogP contribution in [0.5, 0.6) is 0 Å². The van der Waals surface area contributed by atoms with E-state index in [1.54, 1.807) is 0 Å². The van der Waals surface area contributed by atoms with Crippen LogP contribution in [-0.2, 0) is 20.9 Å². The zero-order valence-electron chi connectivity index (χ0n) is 12.5. The van der Waals surface area contributed by atoms with E-state index in [0.29, 0.717) is 19.8 Å². The molecule has 1 aliphatic heterocycles. The highest BCUT2D eigenvalue weighted by Gasteiger charge is 2.31. The van der Waals surface area contributed by atoms with Gasteiger partial charge in [0.15, 0.2) is 0 Å². The number of ether oxygens (including phenoxy) is 1. The Kier molecular flexibility index (Phi) is 4.96. The van der Waals surface area contributed by atoms with Crippen LogP contribution in [0.1, 0.15) is 25.8 Å². The molecule has 0 saturated carbocycles. The lowest BCUT2D eigenvalue weighted by Gasteiger charge is -2.27. The molecule has 0 radical (unpaired) electrons. The van der Waals surface area contributed by atoms with Crippen molar-refractivity contribution in [3.63, 3.8) is 0 Å². The van der Waals surface area contributed by atoms with E-state index in [2.05, 4.69) is 10.6 Å². The lowest BCUT2D eigenvalue weighted by atomic mass is 10.0. The van der Waals surface area contributed by atoms with Gasteiger partial charge >= 0.3 is 0 Å². The summed E-state index contributed by atoms with van der Waals surface area (Å²) in [5, 5.41) is 5.62. The molecule has 0 aromatic heterocycles.